The highest BCUT2D eigenvalue weighted by Crippen LogP contribution is 2.21. The van der Waals surface area contributed by atoms with Crippen LogP contribution in [0.15, 0.2) is 36.5 Å². The molecule has 0 amide bonds. The van der Waals surface area contributed by atoms with Gasteiger partial charge >= 0.3 is 0 Å². The zero-order valence-electron chi connectivity index (χ0n) is 11.7. The molecule has 0 saturated heterocycles. The Morgan fingerprint density at radius 2 is 2.05 bits per heavy atom. The fourth-order valence-corrected chi connectivity index (χ4v) is 2.23. The number of aromatic nitrogens is 4. The predicted octanol–water partition coefficient (Wildman–Crippen LogP) is 1.30. The van der Waals surface area contributed by atoms with Gasteiger partial charge in [-0.1, -0.05) is 12.1 Å². The van der Waals surface area contributed by atoms with Crippen LogP contribution in [0.2, 0.25) is 0 Å². The first kappa shape index (κ1) is 13.3. The Morgan fingerprint density at radius 3 is 2.81 bits per heavy atom. The molecule has 7 heteroatoms. The van der Waals surface area contributed by atoms with Crippen molar-refractivity contribution in [2.24, 2.45) is 12.9 Å². The van der Waals surface area contributed by atoms with Crippen LogP contribution in [-0.4, -0.2) is 26.3 Å². The normalized spacial score (nSPS) is 10.8. The zero-order valence-corrected chi connectivity index (χ0v) is 11.7. The summed E-state index contributed by atoms with van der Waals surface area (Å²) in [4.78, 5) is 8.71. The third kappa shape index (κ3) is 2.77. The quantitative estimate of drug-likeness (QED) is 0.483. The first-order valence-electron chi connectivity index (χ1n) is 6.72. The maximum absolute atomic E-state index is 5.42. The molecule has 2 aromatic heterocycles. The zero-order chi connectivity index (χ0) is 14.7. The van der Waals surface area contributed by atoms with Gasteiger partial charge in [0.15, 0.2) is 0 Å². The SMILES string of the molecule is Cn1nccc1CCNc1nc(NN)nc2ccccc12. The van der Waals surface area contributed by atoms with Crippen LogP contribution >= 0.6 is 0 Å². The summed E-state index contributed by atoms with van der Waals surface area (Å²) in [5.74, 6) is 6.59. The van der Waals surface area contributed by atoms with E-state index in [0.717, 1.165) is 35.4 Å². The number of benzene rings is 1. The highest BCUT2D eigenvalue weighted by atomic mass is 15.3. The molecule has 0 unspecified atom stereocenters. The smallest absolute Gasteiger partial charge is 0.239 e. The fraction of sp³-hybridized carbons (Fsp3) is 0.214. The molecule has 0 bridgehead atoms. The van der Waals surface area contributed by atoms with Crippen molar-refractivity contribution in [1.29, 1.82) is 0 Å². The molecule has 2 heterocycles. The van der Waals surface area contributed by atoms with Crippen LogP contribution in [0.3, 0.4) is 0 Å². The van der Waals surface area contributed by atoms with Gasteiger partial charge < -0.3 is 5.32 Å². The molecular formula is C14H17N7. The average molecular weight is 283 g/mol. The van der Waals surface area contributed by atoms with E-state index in [1.54, 1.807) is 6.20 Å². The van der Waals surface area contributed by atoms with Crippen LogP contribution in [0.5, 0.6) is 0 Å². The molecule has 4 N–H and O–H groups in total. The van der Waals surface area contributed by atoms with Gasteiger partial charge in [-0.25, -0.2) is 10.8 Å². The van der Waals surface area contributed by atoms with Gasteiger partial charge in [-0.05, 0) is 18.2 Å². The summed E-state index contributed by atoms with van der Waals surface area (Å²) >= 11 is 0. The summed E-state index contributed by atoms with van der Waals surface area (Å²) < 4.78 is 1.87. The lowest BCUT2D eigenvalue weighted by Crippen LogP contribution is -2.14. The molecule has 3 rings (SSSR count). The van der Waals surface area contributed by atoms with Crippen molar-refractivity contribution >= 4 is 22.7 Å². The first-order chi connectivity index (χ1) is 10.3. The van der Waals surface area contributed by atoms with Gasteiger partial charge in [0.1, 0.15) is 5.82 Å². The summed E-state index contributed by atoms with van der Waals surface area (Å²) in [7, 11) is 1.94. The van der Waals surface area contributed by atoms with Gasteiger partial charge in [0.2, 0.25) is 5.95 Å². The maximum atomic E-state index is 5.42. The number of rotatable bonds is 5. The summed E-state index contributed by atoms with van der Waals surface area (Å²) in [6, 6.07) is 9.83. The Kier molecular flexibility index (Phi) is 3.65. The molecule has 1 aromatic carbocycles. The minimum Gasteiger partial charge on any atom is -0.369 e. The molecule has 7 nitrogen and oxygen atoms in total. The molecule has 0 aliphatic carbocycles. The van der Waals surface area contributed by atoms with Gasteiger partial charge in [0, 0.05) is 37.3 Å². The number of nitrogen functional groups attached to an aromatic ring is 1. The van der Waals surface area contributed by atoms with E-state index in [0.29, 0.717) is 5.95 Å². The monoisotopic (exact) mass is 283 g/mol. The lowest BCUT2D eigenvalue weighted by molar-refractivity contribution is 0.711. The van der Waals surface area contributed by atoms with Gasteiger partial charge in [-0.15, -0.1) is 0 Å². The van der Waals surface area contributed by atoms with E-state index in [-0.39, 0.29) is 0 Å². The number of nitrogens with one attached hydrogen (secondary N) is 2. The number of hydrogen-bond donors (Lipinski definition) is 3. The van der Waals surface area contributed by atoms with E-state index < -0.39 is 0 Å². The van der Waals surface area contributed by atoms with Crippen LogP contribution in [0, 0.1) is 0 Å². The van der Waals surface area contributed by atoms with Crippen LogP contribution in [0.25, 0.3) is 10.9 Å². The van der Waals surface area contributed by atoms with Crippen LogP contribution in [0.4, 0.5) is 11.8 Å². The number of nitrogens with two attached hydrogens (primary N) is 1. The Labute approximate surface area is 122 Å². The average Bonchev–Trinajstić information content (AvgIpc) is 2.92. The number of anilines is 2. The van der Waals surface area contributed by atoms with Gasteiger partial charge in [0.25, 0.3) is 0 Å². The van der Waals surface area contributed by atoms with Crippen molar-refractivity contribution in [2.75, 3.05) is 17.3 Å². The topological polar surface area (TPSA) is 93.7 Å². The number of aryl methyl sites for hydroxylation is 1. The fourth-order valence-electron chi connectivity index (χ4n) is 2.23. The van der Waals surface area contributed by atoms with Crippen molar-refractivity contribution in [1.82, 2.24) is 19.7 Å². The summed E-state index contributed by atoms with van der Waals surface area (Å²) in [6.45, 7) is 0.755. The number of fused-ring (bicyclic) bond motifs is 1. The second-order valence-corrected chi connectivity index (χ2v) is 4.68. The molecular weight excluding hydrogens is 266 g/mol. The van der Waals surface area contributed by atoms with Gasteiger partial charge in [-0.3, -0.25) is 10.1 Å². The van der Waals surface area contributed by atoms with Crippen molar-refractivity contribution < 1.29 is 0 Å². The Morgan fingerprint density at radius 1 is 1.19 bits per heavy atom. The molecule has 0 aliphatic rings. The van der Waals surface area contributed by atoms with Crippen LogP contribution in [0.1, 0.15) is 5.69 Å². The molecule has 0 saturated carbocycles. The third-order valence-electron chi connectivity index (χ3n) is 3.33. The number of nitrogens with zero attached hydrogens (tertiary/aromatic N) is 4. The van der Waals surface area contributed by atoms with E-state index in [2.05, 4.69) is 25.8 Å². The number of hydrogen-bond acceptors (Lipinski definition) is 6. The van der Waals surface area contributed by atoms with Gasteiger partial charge in [-0.2, -0.15) is 10.1 Å². The predicted molar refractivity (Wildman–Crippen MR) is 82.7 cm³/mol. The lowest BCUT2D eigenvalue weighted by atomic mass is 10.2. The number of hydrazine groups is 1. The maximum Gasteiger partial charge on any atom is 0.239 e. The van der Waals surface area contributed by atoms with E-state index in [1.807, 2.05) is 42.1 Å². The summed E-state index contributed by atoms with van der Waals surface area (Å²) in [5, 5.41) is 8.47. The molecule has 0 radical (unpaired) electrons. The van der Waals surface area contributed by atoms with Crippen molar-refractivity contribution in [3.05, 3.63) is 42.2 Å². The number of para-hydroxylation sites is 1. The summed E-state index contributed by atoms with van der Waals surface area (Å²) in [5.41, 5.74) is 4.51. The highest BCUT2D eigenvalue weighted by Gasteiger charge is 2.06. The van der Waals surface area contributed by atoms with Crippen LogP contribution in [-0.2, 0) is 13.5 Å². The van der Waals surface area contributed by atoms with E-state index in [4.69, 9.17) is 5.84 Å². The Hall–Kier alpha value is -2.67. The lowest BCUT2D eigenvalue weighted by Gasteiger charge is -2.10. The minimum absolute atomic E-state index is 0.400. The molecule has 3 aromatic rings. The molecule has 21 heavy (non-hydrogen) atoms. The minimum atomic E-state index is 0.400. The van der Waals surface area contributed by atoms with Crippen LogP contribution < -0.4 is 16.6 Å². The van der Waals surface area contributed by atoms with Crippen molar-refractivity contribution in [3.8, 4) is 0 Å². The molecule has 0 spiro atoms. The Bertz CT molecular complexity index is 750. The van der Waals surface area contributed by atoms with E-state index >= 15 is 0 Å². The highest BCUT2D eigenvalue weighted by molar-refractivity contribution is 5.89. The van der Waals surface area contributed by atoms with Gasteiger partial charge in [0.05, 0.1) is 5.52 Å². The largest absolute Gasteiger partial charge is 0.369 e. The first-order valence-corrected chi connectivity index (χ1v) is 6.72. The van der Waals surface area contributed by atoms with E-state index in [1.165, 1.54) is 0 Å². The Balaban J connectivity index is 1.81. The molecule has 0 fully saturated rings. The standard InChI is InChI=1S/C14H17N7/c1-21-10(7-9-17-21)6-8-16-13-11-4-2-3-5-12(11)18-14(19-13)20-15/h2-5,7,9H,6,8,15H2,1H3,(H2,16,18,19,20). The second-order valence-electron chi connectivity index (χ2n) is 4.68. The van der Waals surface area contributed by atoms with Crippen molar-refractivity contribution in [3.63, 3.8) is 0 Å². The summed E-state index contributed by atoms with van der Waals surface area (Å²) in [6.07, 6.45) is 2.66. The molecule has 0 atom stereocenters. The van der Waals surface area contributed by atoms with Crippen molar-refractivity contribution in [2.45, 2.75) is 6.42 Å². The third-order valence-corrected chi connectivity index (χ3v) is 3.33. The molecule has 0 aliphatic heterocycles. The second kappa shape index (κ2) is 5.76. The molecule has 108 valence electrons. The van der Waals surface area contributed by atoms with E-state index in [9.17, 15) is 0 Å².